The van der Waals surface area contributed by atoms with Gasteiger partial charge in [-0.1, -0.05) is 28.1 Å². The normalized spacial score (nSPS) is 19.4. The maximum Gasteiger partial charge on any atom is 0.492 e. The fourth-order valence-electron chi connectivity index (χ4n) is 2.26. The summed E-state index contributed by atoms with van der Waals surface area (Å²) in [4.78, 5) is 11.3. The molecule has 2 rings (SSSR count). The number of hydrogen-bond donors (Lipinski definition) is 2. The number of carbonyl (C=O) groups is 1. The van der Waals surface area contributed by atoms with Gasteiger partial charge in [0.15, 0.2) is 0 Å². The first-order chi connectivity index (χ1) is 11.0. The molecular weight excluding hydrogens is 373 g/mol. The lowest BCUT2D eigenvalue weighted by Crippen LogP contribution is -2.41. The van der Waals surface area contributed by atoms with Crippen LogP contribution in [0.5, 0.6) is 5.75 Å². The van der Waals surface area contributed by atoms with Crippen molar-refractivity contribution in [3.8, 4) is 5.75 Å². The van der Waals surface area contributed by atoms with E-state index in [9.17, 15) is 9.90 Å². The van der Waals surface area contributed by atoms with Crippen LogP contribution in [0.2, 0.25) is 0 Å². The second-order valence-corrected chi connectivity index (χ2v) is 7.84. The Kier molecular flexibility index (Phi) is 5.47. The molecule has 1 aliphatic rings. The van der Waals surface area contributed by atoms with E-state index in [4.69, 9.17) is 9.31 Å². The van der Waals surface area contributed by atoms with Gasteiger partial charge in [0.1, 0.15) is 5.75 Å². The molecule has 0 spiro atoms. The summed E-state index contributed by atoms with van der Waals surface area (Å²) in [6.07, 6.45) is 1.79. The lowest BCUT2D eigenvalue weighted by molar-refractivity contribution is -0.118. The van der Waals surface area contributed by atoms with Gasteiger partial charge in [0.05, 0.1) is 11.2 Å². The fraction of sp³-hybridized carbons (Fsp3) is 0.471. The molecule has 0 aliphatic carbocycles. The van der Waals surface area contributed by atoms with E-state index in [1.807, 2.05) is 33.8 Å². The third-order valence-electron chi connectivity index (χ3n) is 4.43. The van der Waals surface area contributed by atoms with E-state index in [2.05, 4.69) is 21.2 Å². The summed E-state index contributed by atoms with van der Waals surface area (Å²) in [5.74, 6) is -0.00124. The highest BCUT2D eigenvalue weighted by Crippen LogP contribution is 2.39. The van der Waals surface area contributed by atoms with Crippen LogP contribution < -0.4 is 5.32 Å². The Morgan fingerprint density at radius 3 is 2.38 bits per heavy atom. The first-order valence-electron chi connectivity index (χ1n) is 7.81. The number of benzene rings is 1. The summed E-state index contributed by atoms with van der Waals surface area (Å²) in [7, 11) is -0.593. The largest absolute Gasteiger partial charge is 0.507 e. The Balaban J connectivity index is 2.35. The van der Waals surface area contributed by atoms with E-state index < -0.39 is 18.3 Å². The van der Waals surface area contributed by atoms with E-state index in [-0.39, 0.29) is 18.2 Å². The molecule has 1 heterocycles. The molecule has 2 N–H and O–H groups in total. The maximum absolute atomic E-state index is 11.3. The third-order valence-corrected chi connectivity index (χ3v) is 4.92. The molecule has 130 valence electrons. The van der Waals surface area contributed by atoms with Crippen LogP contribution in [0, 0.1) is 0 Å². The van der Waals surface area contributed by atoms with E-state index in [1.54, 1.807) is 18.2 Å². The van der Waals surface area contributed by atoms with Gasteiger partial charge in [-0.2, -0.15) is 0 Å². The summed E-state index contributed by atoms with van der Waals surface area (Å²) in [5, 5.41) is 12.9. The van der Waals surface area contributed by atoms with Gasteiger partial charge in [0, 0.05) is 23.5 Å². The van der Waals surface area contributed by atoms with Crippen LogP contribution in [0.3, 0.4) is 0 Å². The van der Waals surface area contributed by atoms with Gasteiger partial charge in [-0.3, -0.25) is 4.79 Å². The van der Waals surface area contributed by atoms with Crippen molar-refractivity contribution in [2.45, 2.75) is 45.8 Å². The van der Waals surface area contributed by atoms with E-state index in [0.29, 0.717) is 5.56 Å². The molecule has 0 radical (unpaired) electrons. The van der Waals surface area contributed by atoms with E-state index >= 15 is 0 Å². The second kappa shape index (κ2) is 6.90. The van der Waals surface area contributed by atoms with Crippen LogP contribution in [0.4, 0.5) is 0 Å². The third kappa shape index (κ3) is 4.20. The molecule has 7 heteroatoms. The Bertz CT molecular complexity index is 657. The minimum absolute atomic E-state index is 0.140. The number of phenols is 1. The lowest BCUT2D eigenvalue weighted by atomic mass is 9.77. The maximum atomic E-state index is 11.3. The monoisotopic (exact) mass is 395 g/mol. The molecule has 1 aromatic rings. The fourth-order valence-corrected chi connectivity index (χ4v) is 2.61. The summed E-state index contributed by atoms with van der Waals surface area (Å²) >= 11 is 3.32. The Morgan fingerprint density at radius 1 is 1.29 bits per heavy atom. The van der Waals surface area contributed by atoms with Crippen LogP contribution >= 0.6 is 15.9 Å². The van der Waals surface area contributed by atoms with Crippen molar-refractivity contribution in [1.29, 1.82) is 0 Å². The zero-order chi connectivity index (χ0) is 18.1. The number of rotatable bonds is 4. The van der Waals surface area contributed by atoms with Gasteiger partial charge in [-0.05, 0) is 45.3 Å². The highest BCUT2D eigenvalue weighted by Gasteiger charge is 2.52. The van der Waals surface area contributed by atoms with Crippen LogP contribution in [-0.4, -0.2) is 35.9 Å². The van der Waals surface area contributed by atoms with Gasteiger partial charge in [0.2, 0.25) is 5.91 Å². The molecule has 0 saturated carbocycles. The van der Waals surface area contributed by atoms with Crippen molar-refractivity contribution < 1.29 is 19.2 Å². The molecule has 0 unspecified atom stereocenters. The van der Waals surface area contributed by atoms with Gasteiger partial charge < -0.3 is 19.7 Å². The predicted octanol–water partition coefficient (Wildman–Crippen LogP) is 3.31. The molecule has 1 aliphatic heterocycles. The summed E-state index contributed by atoms with van der Waals surface area (Å²) in [6, 6.07) is 5.25. The Labute approximate surface area is 151 Å². The predicted molar refractivity (Wildman–Crippen MR) is 98.5 cm³/mol. The quantitative estimate of drug-likeness (QED) is 0.767. The van der Waals surface area contributed by atoms with Gasteiger partial charge in [-0.25, -0.2) is 0 Å². The molecule has 5 nitrogen and oxygen atoms in total. The first-order valence-corrected chi connectivity index (χ1v) is 8.60. The average Bonchev–Trinajstić information content (AvgIpc) is 2.65. The number of phenolic OH excluding ortho intramolecular Hbond substituents is 1. The summed E-state index contributed by atoms with van der Waals surface area (Å²) < 4.78 is 12.9. The van der Waals surface area contributed by atoms with Crippen LogP contribution in [0.1, 0.15) is 40.2 Å². The zero-order valence-electron chi connectivity index (χ0n) is 14.6. The van der Waals surface area contributed by atoms with Gasteiger partial charge in [-0.15, -0.1) is 0 Å². The number of nitrogens with one attached hydrogen (secondary N) is 1. The highest BCUT2D eigenvalue weighted by molar-refractivity contribution is 9.10. The Morgan fingerprint density at radius 2 is 1.88 bits per heavy atom. The van der Waals surface area contributed by atoms with Crippen molar-refractivity contribution in [3.05, 3.63) is 33.7 Å². The number of carbonyl (C=O) groups excluding carboxylic acids is 1. The van der Waals surface area contributed by atoms with Gasteiger partial charge in [0.25, 0.3) is 0 Å². The van der Waals surface area contributed by atoms with Crippen LogP contribution in [0.25, 0.3) is 6.08 Å². The molecule has 1 saturated heterocycles. The standard InChI is InChI=1S/C17H23BBrNO4/c1-11(21)20-10-13(8-12-6-7-14(19)9-15(12)22)18-23-16(2,3)17(4,5)24-18/h6-9,22H,10H2,1-5H3,(H,20,21). The smallest absolute Gasteiger partial charge is 0.492 e. The van der Waals surface area contributed by atoms with Crippen molar-refractivity contribution in [2.24, 2.45) is 0 Å². The van der Waals surface area contributed by atoms with Crippen molar-refractivity contribution >= 4 is 35.0 Å². The minimum Gasteiger partial charge on any atom is -0.507 e. The first kappa shape index (κ1) is 19.0. The molecule has 1 aromatic carbocycles. The summed E-state index contributed by atoms with van der Waals surface area (Å²) in [6.45, 7) is 9.63. The molecule has 1 fully saturated rings. The van der Waals surface area contributed by atoms with Crippen molar-refractivity contribution in [3.63, 3.8) is 0 Å². The molecular formula is C17H23BBrNO4. The van der Waals surface area contributed by atoms with E-state index in [1.165, 1.54) is 6.92 Å². The molecule has 0 bridgehead atoms. The number of halogens is 1. The molecule has 1 amide bonds. The SMILES string of the molecule is CC(=O)NCC(=Cc1ccc(Br)cc1O)B1OC(C)(C)C(C)(C)O1. The molecule has 24 heavy (non-hydrogen) atoms. The minimum atomic E-state index is -0.593. The van der Waals surface area contributed by atoms with Crippen molar-refractivity contribution in [2.75, 3.05) is 6.54 Å². The number of aromatic hydroxyl groups is 1. The van der Waals surface area contributed by atoms with E-state index in [0.717, 1.165) is 9.95 Å². The average molecular weight is 396 g/mol. The van der Waals surface area contributed by atoms with Crippen molar-refractivity contribution in [1.82, 2.24) is 5.32 Å². The topological polar surface area (TPSA) is 67.8 Å². The molecule has 0 atom stereocenters. The Hall–Kier alpha value is -1.31. The van der Waals surface area contributed by atoms with Crippen LogP contribution in [0.15, 0.2) is 28.1 Å². The zero-order valence-corrected chi connectivity index (χ0v) is 16.2. The molecule has 0 aromatic heterocycles. The second-order valence-electron chi connectivity index (χ2n) is 6.92. The highest BCUT2D eigenvalue weighted by atomic mass is 79.9. The summed E-state index contributed by atoms with van der Waals surface area (Å²) in [5.41, 5.74) is 0.415. The van der Waals surface area contributed by atoms with Gasteiger partial charge >= 0.3 is 7.12 Å². The number of hydrogen-bond acceptors (Lipinski definition) is 4. The lowest BCUT2D eigenvalue weighted by Gasteiger charge is -2.32. The van der Waals surface area contributed by atoms with Crippen LogP contribution in [-0.2, 0) is 14.1 Å². The number of amides is 1.